The van der Waals surface area contributed by atoms with Gasteiger partial charge in [-0.3, -0.25) is 4.79 Å². The van der Waals surface area contributed by atoms with Gasteiger partial charge in [-0.15, -0.1) is 0 Å². The van der Waals surface area contributed by atoms with E-state index in [9.17, 15) is 4.79 Å². The van der Waals surface area contributed by atoms with Crippen molar-refractivity contribution in [3.63, 3.8) is 0 Å². The van der Waals surface area contributed by atoms with Crippen molar-refractivity contribution in [1.29, 1.82) is 0 Å². The fourth-order valence-electron chi connectivity index (χ4n) is 2.78. The van der Waals surface area contributed by atoms with Gasteiger partial charge in [-0.2, -0.15) is 0 Å². The number of imidazole rings is 1. The summed E-state index contributed by atoms with van der Waals surface area (Å²) in [4.78, 5) is 18.8. The molecule has 1 amide bonds. The molecule has 0 spiro atoms. The van der Waals surface area contributed by atoms with Crippen molar-refractivity contribution in [3.05, 3.63) is 72.3 Å². The Morgan fingerprint density at radius 3 is 2.27 bits per heavy atom. The molecule has 0 radical (unpaired) electrons. The quantitative estimate of drug-likeness (QED) is 0.747. The van der Waals surface area contributed by atoms with Gasteiger partial charge in [0.05, 0.1) is 0 Å². The molecule has 26 heavy (non-hydrogen) atoms. The molecule has 0 unspecified atom stereocenters. The van der Waals surface area contributed by atoms with Gasteiger partial charge in [-0.25, -0.2) is 4.98 Å². The van der Waals surface area contributed by atoms with Gasteiger partial charge in [0.2, 0.25) is 0 Å². The van der Waals surface area contributed by atoms with Crippen molar-refractivity contribution in [3.8, 4) is 5.69 Å². The Kier molecular flexibility index (Phi) is 5.07. The maximum atomic E-state index is 12.4. The molecule has 5 nitrogen and oxygen atoms in total. The lowest BCUT2D eigenvalue weighted by Crippen LogP contribution is -2.13. The molecule has 5 heteroatoms. The van der Waals surface area contributed by atoms with Crippen LogP contribution in [-0.4, -0.2) is 29.6 Å². The number of carbonyl (C=O) groups is 1. The van der Waals surface area contributed by atoms with E-state index in [4.69, 9.17) is 0 Å². The van der Waals surface area contributed by atoms with Gasteiger partial charge in [0, 0.05) is 55.0 Å². The van der Waals surface area contributed by atoms with E-state index < -0.39 is 0 Å². The summed E-state index contributed by atoms with van der Waals surface area (Å²) < 4.78 is 2.07. The van der Waals surface area contributed by atoms with E-state index in [0.717, 1.165) is 22.9 Å². The number of nitrogens with one attached hydrogen (secondary N) is 1. The van der Waals surface area contributed by atoms with Crippen LogP contribution in [0.5, 0.6) is 0 Å². The zero-order valence-electron chi connectivity index (χ0n) is 15.6. The number of hydrogen-bond acceptors (Lipinski definition) is 3. The summed E-state index contributed by atoms with van der Waals surface area (Å²) in [6, 6.07) is 15.3. The van der Waals surface area contributed by atoms with Gasteiger partial charge in [-0.05, 0) is 48.5 Å². The molecule has 3 aromatic rings. The van der Waals surface area contributed by atoms with E-state index >= 15 is 0 Å². The summed E-state index contributed by atoms with van der Waals surface area (Å²) in [6.07, 6.45) is 3.76. The van der Waals surface area contributed by atoms with Crippen LogP contribution in [0.3, 0.4) is 0 Å². The molecule has 2 aromatic carbocycles. The van der Waals surface area contributed by atoms with Crippen molar-refractivity contribution < 1.29 is 4.79 Å². The number of nitrogens with zero attached hydrogens (tertiary/aromatic N) is 3. The highest BCUT2D eigenvalue weighted by atomic mass is 16.1. The second-order valence-corrected chi connectivity index (χ2v) is 6.75. The minimum absolute atomic E-state index is 0.117. The maximum Gasteiger partial charge on any atom is 0.255 e. The first kappa shape index (κ1) is 17.7. The smallest absolute Gasteiger partial charge is 0.255 e. The van der Waals surface area contributed by atoms with Crippen LogP contribution < -0.4 is 10.2 Å². The van der Waals surface area contributed by atoms with Crippen LogP contribution in [0.15, 0.2) is 60.9 Å². The summed E-state index contributed by atoms with van der Waals surface area (Å²) in [5.74, 6) is 1.24. The third-order valence-electron chi connectivity index (χ3n) is 4.23. The largest absolute Gasteiger partial charge is 0.378 e. The average molecular weight is 348 g/mol. The van der Waals surface area contributed by atoms with E-state index in [-0.39, 0.29) is 5.91 Å². The summed E-state index contributed by atoms with van der Waals surface area (Å²) in [5, 5.41) is 2.94. The van der Waals surface area contributed by atoms with Gasteiger partial charge >= 0.3 is 0 Å². The normalized spacial score (nSPS) is 10.8. The first-order valence-corrected chi connectivity index (χ1v) is 8.68. The molecule has 0 aliphatic rings. The van der Waals surface area contributed by atoms with E-state index in [1.807, 2.05) is 79.9 Å². The van der Waals surface area contributed by atoms with Crippen molar-refractivity contribution in [2.75, 3.05) is 24.3 Å². The molecule has 1 N–H and O–H groups in total. The molecule has 0 atom stereocenters. The van der Waals surface area contributed by atoms with E-state index in [1.165, 1.54) is 0 Å². The number of carbonyl (C=O) groups excluding carboxylic acids is 1. The highest BCUT2D eigenvalue weighted by Gasteiger charge is 2.10. The van der Waals surface area contributed by atoms with Crippen LogP contribution in [0.4, 0.5) is 11.4 Å². The lowest BCUT2D eigenvalue weighted by molar-refractivity contribution is 0.102. The standard InChI is InChI=1S/C21H24N4O/c1-15(2)20-22-13-14-25(20)19-11-7-17(8-12-19)23-21(26)16-5-9-18(10-6-16)24(3)4/h5-15H,1-4H3,(H,23,26). The minimum atomic E-state index is -0.117. The molecule has 0 aliphatic carbocycles. The molecule has 1 heterocycles. The highest BCUT2D eigenvalue weighted by Crippen LogP contribution is 2.20. The highest BCUT2D eigenvalue weighted by molar-refractivity contribution is 6.04. The second-order valence-electron chi connectivity index (χ2n) is 6.75. The third-order valence-corrected chi connectivity index (χ3v) is 4.23. The number of hydrogen-bond donors (Lipinski definition) is 1. The van der Waals surface area contributed by atoms with Crippen molar-refractivity contribution in [2.45, 2.75) is 19.8 Å². The molecule has 0 saturated heterocycles. The van der Waals surface area contributed by atoms with E-state index in [0.29, 0.717) is 11.5 Å². The van der Waals surface area contributed by atoms with Gasteiger partial charge in [0.1, 0.15) is 5.82 Å². The van der Waals surface area contributed by atoms with E-state index in [1.54, 1.807) is 0 Å². The number of rotatable bonds is 5. The monoisotopic (exact) mass is 348 g/mol. The Hall–Kier alpha value is -3.08. The maximum absolute atomic E-state index is 12.4. The summed E-state index contributed by atoms with van der Waals surface area (Å²) in [7, 11) is 3.95. The zero-order chi connectivity index (χ0) is 18.7. The van der Waals surface area contributed by atoms with Crippen LogP contribution in [-0.2, 0) is 0 Å². The molecule has 3 rings (SSSR count). The number of aromatic nitrogens is 2. The molecule has 0 bridgehead atoms. The number of benzene rings is 2. The SMILES string of the molecule is CC(C)c1nccn1-c1ccc(NC(=O)c2ccc(N(C)C)cc2)cc1. The topological polar surface area (TPSA) is 50.2 Å². The Bertz CT molecular complexity index is 877. The Morgan fingerprint density at radius 2 is 1.69 bits per heavy atom. The van der Waals surface area contributed by atoms with Crippen molar-refractivity contribution in [1.82, 2.24) is 9.55 Å². The molecule has 0 aliphatic heterocycles. The predicted molar refractivity (Wildman–Crippen MR) is 106 cm³/mol. The van der Waals surface area contributed by atoms with Crippen molar-refractivity contribution in [2.24, 2.45) is 0 Å². The van der Waals surface area contributed by atoms with Crippen LogP contribution in [0, 0.1) is 0 Å². The van der Waals surface area contributed by atoms with Gasteiger partial charge in [-0.1, -0.05) is 13.8 Å². The van der Waals surface area contributed by atoms with Crippen LogP contribution in [0.25, 0.3) is 5.69 Å². The lowest BCUT2D eigenvalue weighted by Gasteiger charge is -2.13. The van der Waals surface area contributed by atoms with Crippen LogP contribution in [0.2, 0.25) is 0 Å². The summed E-state index contributed by atoms with van der Waals surface area (Å²) in [5.41, 5.74) is 3.49. The average Bonchev–Trinajstić information content (AvgIpc) is 3.12. The van der Waals surface area contributed by atoms with Crippen LogP contribution in [0.1, 0.15) is 35.9 Å². The fourth-order valence-corrected chi connectivity index (χ4v) is 2.78. The molecular formula is C21H24N4O. The minimum Gasteiger partial charge on any atom is -0.378 e. The Morgan fingerprint density at radius 1 is 1.04 bits per heavy atom. The van der Waals surface area contributed by atoms with Gasteiger partial charge < -0.3 is 14.8 Å². The third kappa shape index (κ3) is 3.77. The zero-order valence-corrected chi connectivity index (χ0v) is 15.6. The Balaban J connectivity index is 1.73. The predicted octanol–water partition coefficient (Wildman–Crippen LogP) is 4.31. The molecule has 1 aromatic heterocycles. The molecule has 0 fully saturated rings. The Labute approximate surface area is 154 Å². The summed E-state index contributed by atoms with van der Waals surface area (Å²) >= 11 is 0. The number of anilines is 2. The van der Waals surface area contributed by atoms with Crippen molar-refractivity contribution >= 4 is 17.3 Å². The van der Waals surface area contributed by atoms with E-state index in [2.05, 4.69) is 28.7 Å². The molecule has 134 valence electrons. The van der Waals surface area contributed by atoms with Gasteiger partial charge in [0.15, 0.2) is 0 Å². The van der Waals surface area contributed by atoms with Crippen LogP contribution >= 0.6 is 0 Å². The number of amides is 1. The molecule has 0 saturated carbocycles. The van der Waals surface area contributed by atoms with Gasteiger partial charge in [0.25, 0.3) is 5.91 Å². The fraction of sp³-hybridized carbons (Fsp3) is 0.238. The first-order valence-electron chi connectivity index (χ1n) is 8.68. The lowest BCUT2D eigenvalue weighted by atomic mass is 10.1. The summed E-state index contributed by atoms with van der Waals surface area (Å²) in [6.45, 7) is 4.24. The first-order chi connectivity index (χ1) is 12.5. The molecular weight excluding hydrogens is 324 g/mol. The second kappa shape index (κ2) is 7.44.